The Balaban J connectivity index is 1.80. The Hall–Kier alpha value is -2.88. The van der Waals surface area contributed by atoms with E-state index in [1.807, 2.05) is 57.4 Å². The number of fused-ring (bicyclic) bond motifs is 1. The summed E-state index contributed by atoms with van der Waals surface area (Å²) in [7, 11) is 2.00. The largest absolute Gasteiger partial charge is 0.350 e. The maximum Gasteiger partial charge on any atom is 0.249 e. The summed E-state index contributed by atoms with van der Waals surface area (Å²) in [5, 5.41) is 3.93. The lowest BCUT2D eigenvalue weighted by Gasteiger charge is -2.04. The van der Waals surface area contributed by atoms with Gasteiger partial charge in [0, 0.05) is 41.5 Å². The zero-order chi connectivity index (χ0) is 16.4. The number of pyridine rings is 1. The highest BCUT2D eigenvalue weighted by Gasteiger charge is 2.04. The normalized spacial score (nSPS) is 11.3. The number of amides is 1. The van der Waals surface area contributed by atoms with Crippen LogP contribution in [-0.2, 0) is 11.8 Å². The molecule has 0 fully saturated rings. The van der Waals surface area contributed by atoms with Crippen molar-refractivity contribution in [2.75, 3.05) is 5.32 Å². The van der Waals surface area contributed by atoms with Gasteiger partial charge in [0.1, 0.15) is 5.82 Å². The molecule has 2 heterocycles. The second kappa shape index (κ2) is 6.08. The number of anilines is 1. The minimum absolute atomic E-state index is 0.185. The van der Waals surface area contributed by atoms with Gasteiger partial charge in [0.25, 0.3) is 0 Å². The van der Waals surface area contributed by atoms with Gasteiger partial charge in [-0.05, 0) is 43.7 Å². The number of nitrogens with one attached hydrogen (secondary N) is 1. The van der Waals surface area contributed by atoms with Crippen LogP contribution in [0.1, 0.15) is 16.8 Å². The van der Waals surface area contributed by atoms with Crippen molar-refractivity contribution < 1.29 is 4.79 Å². The quantitative estimate of drug-likeness (QED) is 0.747. The van der Waals surface area contributed by atoms with Gasteiger partial charge in [-0.25, -0.2) is 4.98 Å². The average molecular weight is 305 g/mol. The monoisotopic (exact) mass is 305 g/mol. The van der Waals surface area contributed by atoms with Crippen LogP contribution in [0, 0.1) is 13.8 Å². The number of carbonyl (C=O) groups excluding carboxylic acids is 1. The molecule has 0 bridgehead atoms. The van der Waals surface area contributed by atoms with Crippen LogP contribution in [0.5, 0.6) is 0 Å². The first-order valence-corrected chi connectivity index (χ1v) is 7.51. The molecule has 0 aliphatic heterocycles. The molecule has 0 radical (unpaired) electrons. The minimum atomic E-state index is -0.185. The fraction of sp³-hybridized carbons (Fsp3) is 0.158. The molecule has 0 unspecified atom stereocenters. The van der Waals surface area contributed by atoms with Crippen LogP contribution >= 0.6 is 0 Å². The third kappa shape index (κ3) is 3.31. The third-order valence-corrected chi connectivity index (χ3v) is 3.69. The van der Waals surface area contributed by atoms with E-state index in [4.69, 9.17) is 0 Å². The number of benzene rings is 1. The highest BCUT2D eigenvalue weighted by atomic mass is 16.1. The average Bonchev–Trinajstić information content (AvgIpc) is 2.81. The molecule has 3 rings (SSSR count). The fourth-order valence-electron chi connectivity index (χ4n) is 2.74. The Morgan fingerprint density at radius 2 is 2.00 bits per heavy atom. The van der Waals surface area contributed by atoms with E-state index >= 15 is 0 Å². The van der Waals surface area contributed by atoms with Crippen LogP contribution in [-0.4, -0.2) is 15.5 Å². The highest BCUT2D eigenvalue weighted by Crippen LogP contribution is 2.21. The molecule has 1 aromatic carbocycles. The lowest BCUT2D eigenvalue weighted by Crippen LogP contribution is -2.09. The molecular formula is C19H19N3O. The van der Waals surface area contributed by atoms with Gasteiger partial charge in [0.2, 0.25) is 5.91 Å². The molecule has 1 N–H and O–H groups in total. The van der Waals surface area contributed by atoms with Crippen molar-refractivity contribution in [1.82, 2.24) is 9.55 Å². The van der Waals surface area contributed by atoms with Crippen LogP contribution in [0.4, 0.5) is 5.82 Å². The summed E-state index contributed by atoms with van der Waals surface area (Å²) in [6.07, 6.45) is 5.39. The summed E-state index contributed by atoms with van der Waals surface area (Å²) in [6, 6.07) is 12.0. The van der Waals surface area contributed by atoms with Crippen LogP contribution in [0.25, 0.3) is 17.0 Å². The first-order chi connectivity index (χ1) is 11.0. The third-order valence-electron chi connectivity index (χ3n) is 3.69. The van der Waals surface area contributed by atoms with Crippen LogP contribution < -0.4 is 5.32 Å². The second-order valence-corrected chi connectivity index (χ2v) is 5.71. The second-order valence-electron chi connectivity index (χ2n) is 5.71. The molecule has 23 heavy (non-hydrogen) atoms. The van der Waals surface area contributed by atoms with Crippen molar-refractivity contribution in [1.29, 1.82) is 0 Å². The smallest absolute Gasteiger partial charge is 0.249 e. The SMILES string of the molecule is Cc1cc(C)nc(NC(=O)C=Cc2cn(C)c3ccccc23)c1. The molecule has 0 aliphatic rings. The Morgan fingerprint density at radius 3 is 2.78 bits per heavy atom. The first-order valence-electron chi connectivity index (χ1n) is 7.51. The molecule has 2 aromatic heterocycles. The Morgan fingerprint density at radius 1 is 1.22 bits per heavy atom. The zero-order valence-electron chi connectivity index (χ0n) is 13.5. The molecule has 0 spiro atoms. The van der Waals surface area contributed by atoms with Gasteiger partial charge in [0.05, 0.1) is 0 Å². The highest BCUT2D eigenvalue weighted by molar-refractivity contribution is 6.03. The van der Waals surface area contributed by atoms with E-state index in [0.29, 0.717) is 5.82 Å². The molecule has 0 atom stereocenters. The van der Waals surface area contributed by atoms with Gasteiger partial charge < -0.3 is 9.88 Å². The van der Waals surface area contributed by atoms with E-state index in [2.05, 4.69) is 27.0 Å². The number of hydrogen-bond acceptors (Lipinski definition) is 2. The van der Waals surface area contributed by atoms with Gasteiger partial charge in [-0.15, -0.1) is 0 Å². The molecule has 1 amide bonds. The number of carbonyl (C=O) groups is 1. The van der Waals surface area contributed by atoms with Gasteiger partial charge >= 0.3 is 0 Å². The van der Waals surface area contributed by atoms with E-state index in [-0.39, 0.29) is 5.91 Å². The van der Waals surface area contributed by atoms with E-state index in [9.17, 15) is 4.79 Å². The number of para-hydroxylation sites is 1. The topological polar surface area (TPSA) is 46.9 Å². The van der Waals surface area contributed by atoms with E-state index in [1.54, 1.807) is 6.08 Å². The predicted octanol–water partition coefficient (Wildman–Crippen LogP) is 3.84. The Kier molecular flexibility index (Phi) is 3.98. The van der Waals surface area contributed by atoms with E-state index in [0.717, 1.165) is 27.7 Å². The molecule has 116 valence electrons. The molecule has 0 saturated carbocycles. The summed E-state index contributed by atoms with van der Waals surface area (Å²) >= 11 is 0. The molecule has 4 nitrogen and oxygen atoms in total. The number of aryl methyl sites for hydroxylation is 3. The van der Waals surface area contributed by atoms with Gasteiger partial charge in [0.15, 0.2) is 0 Å². The predicted molar refractivity (Wildman–Crippen MR) is 94.3 cm³/mol. The molecule has 0 aliphatic carbocycles. The van der Waals surface area contributed by atoms with Crippen molar-refractivity contribution in [3.05, 3.63) is 65.5 Å². The van der Waals surface area contributed by atoms with Gasteiger partial charge in [-0.2, -0.15) is 0 Å². The minimum Gasteiger partial charge on any atom is -0.350 e. The summed E-state index contributed by atoms with van der Waals surface area (Å²) in [5.41, 5.74) is 4.12. The van der Waals surface area contributed by atoms with Gasteiger partial charge in [-0.3, -0.25) is 4.79 Å². The summed E-state index contributed by atoms with van der Waals surface area (Å²) < 4.78 is 2.05. The van der Waals surface area contributed by atoms with Crippen molar-refractivity contribution in [3.63, 3.8) is 0 Å². The fourth-order valence-corrected chi connectivity index (χ4v) is 2.74. The van der Waals surface area contributed by atoms with Crippen LogP contribution in [0.2, 0.25) is 0 Å². The lowest BCUT2D eigenvalue weighted by molar-refractivity contribution is -0.111. The van der Waals surface area contributed by atoms with Crippen molar-refractivity contribution in [3.8, 4) is 0 Å². The van der Waals surface area contributed by atoms with Gasteiger partial charge in [-0.1, -0.05) is 18.2 Å². The zero-order valence-corrected chi connectivity index (χ0v) is 13.5. The van der Waals surface area contributed by atoms with Crippen LogP contribution in [0.3, 0.4) is 0 Å². The number of aromatic nitrogens is 2. The molecule has 4 heteroatoms. The number of nitrogens with zero attached hydrogens (tertiary/aromatic N) is 2. The number of hydrogen-bond donors (Lipinski definition) is 1. The van der Waals surface area contributed by atoms with E-state index < -0.39 is 0 Å². The van der Waals surface area contributed by atoms with E-state index in [1.165, 1.54) is 0 Å². The standard InChI is InChI=1S/C19H19N3O/c1-13-10-14(2)20-18(11-13)21-19(23)9-8-15-12-22(3)17-7-5-4-6-16(15)17/h4-12H,1-3H3,(H,20,21,23). The first kappa shape index (κ1) is 15.0. The summed E-state index contributed by atoms with van der Waals surface area (Å²) in [5.74, 6) is 0.394. The summed E-state index contributed by atoms with van der Waals surface area (Å²) in [4.78, 5) is 16.4. The Bertz CT molecular complexity index is 886. The molecular weight excluding hydrogens is 286 g/mol. The van der Waals surface area contributed by atoms with Crippen LogP contribution in [0.15, 0.2) is 48.7 Å². The Labute approximate surface area is 135 Å². The summed E-state index contributed by atoms with van der Waals surface area (Å²) in [6.45, 7) is 3.89. The van der Waals surface area contributed by atoms with Crippen molar-refractivity contribution in [2.45, 2.75) is 13.8 Å². The number of rotatable bonds is 3. The maximum atomic E-state index is 12.1. The van der Waals surface area contributed by atoms with Crippen molar-refractivity contribution in [2.24, 2.45) is 7.05 Å². The molecule has 0 saturated heterocycles. The van der Waals surface area contributed by atoms with Crippen molar-refractivity contribution >= 4 is 28.7 Å². The lowest BCUT2D eigenvalue weighted by atomic mass is 10.1. The molecule has 3 aromatic rings. The maximum absolute atomic E-state index is 12.1.